The largest absolute Gasteiger partial charge is 0.422 e. The number of para-hydroxylation sites is 2. The van der Waals surface area contributed by atoms with Gasteiger partial charge in [-0.1, -0.05) is 42.0 Å². The first kappa shape index (κ1) is 26.4. The van der Waals surface area contributed by atoms with Gasteiger partial charge in [-0.15, -0.1) is 0 Å². The van der Waals surface area contributed by atoms with Gasteiger partial charge in [-0.2, -0.15) is 5.10 Å². The fraction of sp³-hybridized carbons (Fsp3) is 0.0345. The zero-order chi connectivity index (χ0) is 27.8. The highest BCUT2D eigenvalue weighted by Crippen LogP contribution is 2.20. The third-order valence-electron chi connectivity index (χ3n) is 5.54. The third-order valence-corrected chi connectivity index (χ3v) is 5.54. The molecule has 0 spiro atoms. The maximum Gasteiger partial charge on any atom is 0.343 e. The fourth-order valence-electron chi connectivity index (χ4n) is 3.47. The lowest BCUT2D eigenvalue weighted by atomic mass is 10.1. The molecule has 2 amide bonds. The van der Waals surface area contributed by atoms with Crippen LogP contribution in [0.4, 0.5) is 11.4 Å². The highest BCUT2D eigenvalue weighted by Gasteiger charge is 2.15. The molecule has 0 aliphatic rings. The first-order chi connectivity index (χ1) is 18.8. The monoisotopic (exact) mass is 522 g/mol. The highest BCUT2D eigenvalue weighted by atomic mass is 16.6. The average molecular weight is 523 g/mol. The maximum atomic E-state index is 12.8. The van der Waals surface area contributed by atoms with Crippen molar-refractivity contribution in [2.24, 2.45) is 5.10 Å². The number of nitro benzene ring substituents is 1. The van der Waals surface area contributed by atoms with Crippen molar-refractivity contribution in [3.63, 3.8) is 0 Å². The third kappa shape index (κ3) is 6.77. The molecule has 2 N–H and O–H groups in total. The predicted octanol–water partition coefficient (Wildman–Crippen LogP) is 5.14. The topological polar surface area (TPSA) is 140 Å². The Morgan fingerprint density at radius 1 is 0.821 bits per heavy atom. The van der Waals surface area contributed by atoms with E-state index in [9.17, 15) is 24.5 Å². The summed E-state index contributed by atoms with van der Waals surface area (Å²) in [5.74, 6) is -1.47. The molecule has 10 nitrogen and oxygen atoms in total. The minimum absolute atomic E-state index is 0.130. The SMILES string of the molecule is Cc1ccc(C(=O)Nc2ccccc2C(=O)N/N=C\c2ccccc2OC(=O)c2ccc([N+](=O)[O-])cc2)cc1. The Morgan fingerprint density at radius 3 is 2.18 bits per heavy atom. The van der Waals surface area contributed by atoms with Gasteiger partial charge in [0.25, 0.3) is 17.5 Å². The summed E-state index contributed by atoms with van der Waals surface area (Å²) in [6, 6.07) is 25.1. The number of carbonyl (C=O) groups excluding carboxylic acids is 3. The molecule has 0 fully saturated rings. The highest BCUT2D eigenvalue weighted by molar-refractivity contribution is 6.09. The summed E-state index contributed by atoms with van der Waals surface area (Å²) in [6.07, 6.45) is 1.31. The van der Waals surface area contributed by atoms with E-state index in [2.05, 4.69) is 15.8 Å². The molecule has 0 aliphatic heterocycles. The van der Waals surface area contributed by atoms with Crippen molar-refractivity contribution in [3.05, 3.63) is 135 Å². The summed E-state index contributed by atoms with van der Waals surface area (Å²) >= 11 is 0. The second-order valence-corrected chi connectivity index (χ2v) is 8.30. The van der Waals surface area contributed by atoms with Gasteiger partial charge in [0.2, 0.25) is 0 Å². The number of hydrogen-bond donors (Lipinski definition) is 2. The van der Waals surface area contributed by atoms with Crippen LogP contribution in [-0.2, 0) is 0 Å². The number of anilines is 1. The molecule has 4 aromatic carbocycles. The van der Waals surface area contributed by atoms with E-state index >= 15 is 0 Å². The minimum Gasteiger partial charge on any atom is -0.422 e. The second kappa shape index (κ2) is 12.1. The Labute approximate surface area is 223 Å². The molecule has 0 aromatic heterocycles. The molecule has 10 heteroatoms. The second-order valence-electron chi connectivity index (χ2n) is 8.30. The lowest BCUT2D eigenvalue weighted by Gasteiger charge is -2.10. The molecule has 0 saturated carbocycles. The Hall–Kier alpha value is -5.64. The van der Waals surface area contributed by atoms with E-state index < -0.39 is 16.8 Å². The van der Waals surface area contributed by atoms with Crippen LogP contribution in [0.15, 0.2) is 102 Å². The quantitative estimate of drug-likeness (QED) is 0.108. The number of nitrogens with one attached hydrogen (secondary N) is 2. The number of esters is 1. The van der Waals surface area contributed by atoms with E-state index in [0.717, 1.165) is 5.56 Å². The van der Waals surface area contributed by atoms with Crippen molar-refractivity contribution in [2.45, 2.75) is 6.92 Å². The van der Waals surface area contributed by atoms with Crippen molar-refractivity contribution in [1.82, 2.24) is 5.43 Å². The van der Waals surface area contributed by atoms with Crippen LogP contribution in [0.25, 0.3) is 0 Å². The normalized spacial score (nSPS) is 10.6. The molecule has 39 heavy (non-hydrogen) atoms. The van der Waals surface area contributed by atoms with Gasteiger partial charge in [0, 0.05) is 23.3 Å². The van der Waals surface area contributed by atoms with Gasteiger partial charge in [0.15, 0.2) is 0 Å². The van der Waals surface area contributed by atoms with Crippen LogP contribution < -0.4 is 15.5 Å². The van der Waals surface area contributed by atoms with Crippen LogP contribution in [-0.4, -0.2) is 28.9 Å². The lowest BCUT2D eigenvalue weighted by molar-refractivity contribution is -0.384. The molecule has 0 unspecified atom stereocenters. The molecule has 0 atom stereocenters. The average Bonchev–Trinajstić information content (AvgIpc) is 2.94. The van der Waals surface area contributed by atoms with Crippen LogP contribution in [0.2, 0.25) is 0 Å². The van der Waals surface area contributed by atoms with Crippen LogP contribution >= 0.6 is 0 Å². The molecular formula is C29H22N4O6. The molecule has 4 aromatic rings. The number of aryl methyl sites for hydroxylation is 1. The van der Waals surface area contributed by atoms with Crippen LogP contribution in [0.1, 0.15) is 42.2 Å². The van der Waals surface area contributed by atoms with Crippen LogP contribution in [0, 0.1) is 17.0 Å². The smallest absolute Gasteiger partial charge is 0.343 e. The van der Waals surface area contributed by atoms with E-state index in [4.69, 9.17) is 4.74 Å². The predicted molar refractivity (Wildman–Crippen MR) is 145 cm³/mol. The summed E-state index contributed by atoms with van der Waals surface area (Å²) in [5, 5.41) is 17.5. The van der Waals surface area contributed by atoms with Crippen molar-refractivity contribution >= 4 is 35.4 Å². The number of rotatable bonds is 8. The maximum absolute atomic E-state index is 12.8. The Morgan fingerprint density at radius 2 is 1.46 bits per heavy atom. The summed E-state index contributed by atoms with van der Waals surface area (Å²) in [5.41, 5.74) is 4.78. The zero-order valence-corrected chi connectivity index (χ0v) is 20.7. The van der Waals surface area contributed by atoms with Crippen molar-refractivity contribution < 1.29 is 24.0 Å². The van der Waals surface area contributed by atoms with Gasteiger partial charge in [-0.3, -0.25) is 19.7 Å². The Balaban J connectivity index is 1.43. The van der Waals surface area contributed by atoms with E-state index in [-0.39, 0.29) is 28.5 Å². The van der Waals surface area contributed by atoms with E-state index in [1.807, 2.05) is 19.1 Å². The minimum atomic E-state index is -0.715. The number of carbonyl (C=O) groups is 3. The molecule has 4 rings (SSSR count). The summed E-state index contributed by atoms with van der Waals surface area (Å²) < 4.78 is 5.43. The van der Waals surface area contributed by atoms with E-state index in [1.165, 1.54) is 30.5 Å². The first-order valence-electron chi connectivity index (χ1n) is 11.7. The molecule has 0 heterocycles. The Kier molecular flexibility index (Phi) is 8.17. The zero-order valence-electron chi connectivity index (χ0n) is 20.7. The number of hydrazone groups is 1. The number of non-ortho nitro benzene ring substituents is 1. The van der Waals surface area contributed by atoms with Crippen molar-refractivity contribution in [1.29, 1.82) is 0 Å². The molecular weight excluding hydrogens is 500 g/mol. The van der Waals surface area contributed by atoms with Gasteiger partial charge in [-0.25, -0.2) is 10.2 Å². The lowest BCUT2D eigenvalue weighted by Crippen LogP contribution is -2.21. The summed E-state index contributed by atoms with van der Waals surface area (Å²) in [6.45, 7) is 1.92. The molecule has 0 bridgehead atoms. The molecule has 194 valence electrons. The van der Waals surface area contributed by atoms with Crippen LogP contribution in [0.5, 0.6) is 5.75 Å². The van der Waals surface area contributed by atoms with Gasteiger partial charge in [-0.05, 0) is 55.5 Å². The van der Waals surface area contributed by atoms with Crippen molar-refractivity contribution in [2.75, 3.05) is 5.32 Å². The first-order valence-corrected chi connectivity index (χ1v) is 11.7. The summed E-state index contributed by atoms with van der Waals surface area (Å²) in [4.78, 5) is 48.2. The number of ether oxygens (including phenoxy) is 1. The van der Waals surface area contributed by atoms with Gasteiger partial charge >= 0.3 is 5.97 Å². The molecule has 0 saturated heterocycles. The summed E-state index contributed by atoms with van der Waals surface area (Å²) in [7, 11) is 0. The van der Waals surface area contributed by atoms with E-state index in [0.29, 0.717) is 16.8 Å². The van der Waals surface area contributed by atoms with Crippen LogP contribution in [0.3, 0.4) is 0 Å². The molecule has 0 radical (unpaired) electrons. The number of nitro groups is 1. The number of hydrogen-bond acceptors (Lipinski definition) is 7. The number of amides is 2. The van der Waals surface area contributed by atoms with Gasteiger partial charge in [0.05, 0.1) is 28.0 Å². The standard InChI is InChI=1S/C29H22N4O6/c1-19-10-12-20(13-11-19)27(34)31-25-8-4-3-7-24(25)28(35)32-30-18-22-6-2-5-9-26(22)39-29(36)21-14-16-23(17-15-21)33(37)38/h2-18H,1H3,(H,31,34)(H,32,35)/b30-18-. The number of nitrogens with zero attached hydrogens (tertiary/aromatic N) is 2. The van der Waals surface area contributed by atoms with Crippen molar-refractivity contribution in [3.8, 4) is 5.75 Å². The van der Waals surface area contributed by atoms with E-state index in [1.54, 1.807) is 60.7 Å². The molecule has 0 aliphatic carbocycles. The Bertz CT molecular complexity index is 1560. The number of benzene rings is 4. The fourth-order valence-corrected chi connectivity index (χ4v) is 3.47. The van der Waals surface area contributed by atoms with Gasteiger partial charge < -0.3 is 10.1 Å². The van der Waals surface area contributed by atoms with Gasteiger partial charge in [0.1, 0.15) is 5.75 Å².